The topological polar surface area (TPSA) is 36.7 Å². The van der Waals surface area contributed by atoms with Crippen molar-refractivity contribution < 1.29 is 0 Å². The maximum Gasteiger partial charge on any atom is 0.0795 e. The van der Waals surface area contributed by atoms with Crippen molar-refractivity contribution in [3.63, 3.8) is 0 Å². The van der Waals surface area contributed by atoms with Crippen molar-refractivity contribution in [2.75, 3.05) is 0 Å². The fourth-order valence-electron chi connectivity index (χ4n) is 0.325. The molecule has 0 aliphatic carbocycles. The van der Waals surface area contributed by atoms with E-state index in [1.54, 1.807) is 5.51 Å². The van der Waals surface area contributed by atoms with Gasteiger partial charge < -0.3 is 0 Å². The number of nitrogens with zero attached hydrogens (tertiary/aromatic N) is 1. The molecule has 0 saturated heterocycles. The van der Waals surface area contributed by atoms with Crippen LogP contribution in [0, 0.1) is 0 Å². The van der Waals surface area contributed by atoms with Crippen LogP contribution in [0.2, 0.25) is 0 Å². The molecular formula is C4H5N2S. The highest BCUT2D eigenvalue weighted by Gasteiger charge is 1.85. The lowest BCUT2D eigenvalue weighted by Crippen LogP contribution is -1.80. The lowest BCUT2D eigenvalue weighted by atomic mass is 10.5. The van der Waals surface area contributed by atoms with Crippen molar-refractivity contribution in [1.82, 2.24) is 10.7 Å². The molecule has 0 atom stereocenters. The molecule has 1 heterocycles. The molecule has 0 bridgehead atoms. The molecule has 1 aromatic rings. The van der Waals surface area contributed by atoms with Gasteiger partial charge in [-0.1, -0.05) is 0 Å². The molecule has 1 aromatic heterocycles. The number of rotatable bonds is 1. The summed E-state index contributed by atoms with van der Waals surface area (Å²) in [5.74, 6) is 0. The summed E-state index contributed by atoms with van der Waals surface area (Å²) in [6.45, 7) is 0.309. The first kappa shape index (κ1) is 4.74. The molecule has 37 valence electrons. The molecule has 0 spiro atoms. The second-order valence-corrected chi connectivity index (χ2v) is 1.88. The predicted molar refractivity (Wildman–Crippen MR) is 28.9 cm³/mol. The van der Waals surface area contributed by atoms with Crippen LogP contribution < -0.4 is 5.73 Å². The molecule has 0 aliphatic heterocycles. The van der Waals surface area contributed by atoms with E-state index in [9.17, 15) is 0 Å². The Hall–Kier alpha value is -0.410. The molecule has 1 N–H and O–H groups in total. The number of thiazole rings is 1. The van der Waals surface area contributed by atoms with E-state index in [2.05, 4.69) is 4.98 Å². The molecular weight excluding hydrogens is 108 g/mol. The van der Waals surface area contributed by atoms with Crippen molar-refractivity contribution in [3.8, 4) is 0 Å². The summed E-state index contributed by atoms with van der Waals surface area (Å²) < 4.78 is 0. The summed E-state index contributed by atoms with van der Waals surface area (Å²) >= 11 is 1.53. The third kappa shape index (κ3) is 0.976. The second-order valence-electron chi connectivity index (χ2n) is 1.16. The van der Waals surface area contributed by atoms with E-state index in [1.165, 1.54) is 11.3 Å². The number of nitrogens with one attached hydrogen (secondary N) is 1. The van der Waals surface area contributed by atoms with Crippen LogP contribution in [0.15, 0.2) is 10.9 Å². The Morgan fingerprint density at radius 3 is 3.00 bits per heavy atom. The minimum atomic E-state index is 0.309. The van der Waals surface area contributed by atoms with Gasteiger partial charge in [-0.2, -0.15) is 0 Å². The van der Waals surface area contributed by atoms with E-state index >= 15 is 0 Å². The Bertz CT molecular complexity index is 124. The Labute approximate surface area is 46.0 Å². The van der Waals surface area contributed by atoms with Crippen LogP contribution in [0.3, 0.4) is 0 Å². The number of aromatic nitrogens is 1. The summed E-state index contributed by atoms with van der Waals surface area (Å²) in [6, 6.07) is 0. The van der Waals surface area contributed by atoms with Gasteiger partial charge in [0, 0.05) is 5.38 Å². The lowest BCUT2D eigenvalue weighted by Gasteiger charge is -1.76. The van der Waals surface area contributed by atoms with Crippen LogP contribution >= 0.6 is 11.3 Å². The smallest absolute Gasteiger partial charge is 0.0795 e. The first-order chi connectivity index (χ1) is 3.43. The van der Waals surface area contributed by atoms with Crippen molar-refractivity contribution in [2.45, 2.75) is 6.54 Å². The fourth-order valence-corrected chi connectivity index (χ4v) is 0.883. The molecule has 2 nitrogen and oxygen atoms in total. The van der Waals surface area contributed by atoms with Crippen LogP contribution in [0.1, 0.15) is 5.69 Å². The Morgan fingerprint density at radius 2 is 2.71 bits per heavy atom. The molecule has 1 radical (unpaired) electrons. The maximum absolute atomic E-state index is 6.80. The van der Waals surface area contributed by atoms with Gasteiger partial charge >= 0.3 is 0 Å². The van der Waals surface area contributed by atoms with E-state index < -0.39 is 0 Å². The number of hydrogen-bond acceptors (Lipinski definition) is 2. The SMILES string of the molecule is [NH]Cc1cscn1. The van der Waals surface area contributed by atoms with E-state index in [-0.39, 0.29) is 0 Å². The molecule has 0 unspecified atom stereocenters. The van der Waals surface area contributed by atoms with E-state index in [1.807, 2.05) is 5.38 Å². The monoisotopic (exact) mass is 113 g/mol. The zero-order valence-electron chi connectivity index (χ0n) is 3.72. The van der Waals surface area contributed by atoms with E-state index in [4.69, 9.17) is 5.73 Å². The zero-order chi connectivity index (χ0) is 5.11. The fraction of sp³-hybridized carbons (Fsp3) is 0.250. The van der Waals surface area contributed by atoms with Gasteiger partial charge in [0.25, 0.3) is 0 Å². The summed E-state index contributed by atoms with van der Waals surface area (Å²) in [4.78, 5) is 3.87. The third-order valence-electron chi connectivity index (χ3n) is 0.665. The highest BCUT2D eigenvalue weighted by Crippen LogP contribution is 1.98. The normalized spacial score (nSPS) is 9.29. The average Bonchev–Trinajstić information content (AvgIpc) is 2.14. The molecule has 0 aliphatic rings. The summed E-state index contributed by atoms with van der Waals surface area (Å²) in [5, 5.41) is 1.88. The van der Waals surface area contributed by atoms with Crippen molar-refractivity contribution in [1.29, 1.82) is 0 Å². The largest absolute Gasteiger partial charge is 0.251 e. The van der Waals surface area contributed by atoms with Gasteiger partial charge in [-0.05, 0) is 0 Å². The van der Waals surface area contributed by atoms with Gasteiger partial charge in [0.2, 0.25) is 0 Å². The Balaban J connectivity index is 2.76. The van der Waals surface area contributed by atoms with Crippen LogP contribution in [-0.2, 0) is 6.54 Å². The van der Waals surface area contributed by atoms with Crippen LogP contribution in [0.25, 0.3) is 0 Å². The Kier molecular flexibility index (Phi) is 1.38. The average molecular weight is 113 g/mol. The van der Waals surface area contributed by atoms with Gasteiger partial charge in [-0.15, -0.1) is 11.3 Å². The van der Waals surface area contributed by atoms with Crippen LogP contribution in [-0.4, -0.2) is 4.98 Å². The molecule has 0 fully saturated rings. The predicted octanol–water partition coefficient (Wildman–Crippen LogP) is 0.926. The third-order valence-corrected chi connectivity index (χ3v) is 1.30. The highest BCUT2D eigenvalue weighted by molar-refractivity contribution is 7.07. The Morgan fingerprint density at radius 1 is 1.86 bits per heavy atom. The van der Waals surface area contributed by atoms with Crippen LogP contribution in [0.5, 0.6) is 0 Å². The van der Waals surface area contributed by atoms with Crippen LogP contribution in [0.4, 0.5) is 0 Å². The summed E-state index contributed by atoms with van der Waals surface area (Å²) in [6.07, 6.45) is 0. The van der Waals surface area contributed by atoms with Gasteiger partial charge in [0.15, 0.2) is 0 Å². The second kappa shape index (κ2) is 2.04. The van der Waals surface area contributed by atoms with Crippen molar-refractivity contribution >= 4 is 11.3 Å². The molecule has 3 heteroatoms. The van der Waals surface area contributed by atoms with Gasteiger partial charge in [-0.3, -0.25) is 5.73 Å². The standard InChI is InChI=1S/C4H5N2S/c5-1-4-2-7-3-6-4/h2-3,5H,1H2. The maximum atomic E-state index is 6.80. The van der Waals surface area contributed by atoms with Gasteiger partial charge in [0.05, 0.1) is 17.7 Å². The van der Waals surface area contributed by atoms with Crippen molar-refractivity contribution in [2.24, 2.45) is 0 Å². The van der Waals surface area contributed by atoms with Gasteiger partial charge in [0.1, 0.15) is 0 Å². The van der Waals surface area contributed by atoms with Gasteiger partial charge in [-0.25, -0.2) is 4.98 Å². The van der Waals surface area contributed by atoms with Crippen molar-refractivity contribution in [3.05, 3.63) is 16.6 Å². The zero-order valence-corrected chi connectivity index (χ0v) is 4.53. The summed E-state index contributed by atoms with van der Waals surface area (Å²) in [7, 11) is 0. The molecule has 7 heavy (non-hydrogen) atoms. The van der Waals surface area contributed by atoms with E-state index in [0.717, 1.165) is 5.69 Å². The molecule has 1 rings (SSSR count). The highest BCUT2D eigenvalue weighted by atomic mass is 32.1. The quantitative estimate of drug-likeness (QED) is 0.533. The number of hydrogen-bond donors (Lipinski definition) is 0. The lowest BCUT2D eigenvalue weighted by molar-refractivity contribution is 0.977. The molecule has 0 aromatic carbocycles. The minimum absolute atomic E-state index is 0.309. The first-order valence-corrected chi connectivity index (χ1v) is 2.89. The molecule has 0 amide bonds. The minimum Gasteiger partial charge on any atom is -0.251 e. The summed E-state index contributed by atoms with van der Waals surface area (Å²) in [5.41, 5.74) is 9.41. The first-order valence-electron chi connectivity index (χ1n) is 1.95. The molecule has 0 saturated carbocycles. The van der Waals surface area contributed by atoms with E-state index in [0.29, 0.717) is 6.54 Å².